The van der Waals surface area contributed by atoms with Crippen molar-refractivity contribution in [2.45, 2.75) is 18.9 Å². The van der Waals surface area contributed by atoms with Crippen LogP contribution in [-0.2, 0) is 0 Å². The van der Waals surface area contributed by atoms with Gasteiger partial charge in [0.05, 0.1) is 11.0 Å². The number of nitrogens with zero attached hydrogens (tertiary/aromatic N) is 1. The van der Waals surface area contributed by atoms with E-state index in [1.807, 2.05) is 0 Å². The molecule has 1 atom stereocenters. The minimum absolute atomic E-state index is 0.133. The highest BCUT2D eigenvalue weighted by atomic mass is 79.9. The minimum atomic E-state index is -0.152. The molecule has 1 saturated heterocycles. The Bertz CT molecular complexity index is 432. The molecular weight excluding hydrogens is 292 g/mol. The fraction of sp³-hybridized carbons (Fsp3) is 0.400. The van der Waals surface area contributed by atoms with Gasteiger partial charge in [-0.05, 0) is 40.9 Å². The summed E-state index contributed by atoms with van der Waals surface area (Å²) in [6.07, 6.45) is 1.76. The van der Waals surface area contributed by atoms with Gasteiger partial charge in [0.2, 0.25) is 0 Å². The number of halogens is 1. The van der Waals surface area contributed by atoms with Crippen molar-refractivity contribution >= 4 is 39.0 Å². The molecular formula is C10H11BrN2O2S. The lowest BCUT2D eigenvalue weighted by Crippen LogP contribution is -2.42. The Hall–Kier alpha value is -0.880. The Kier molecular flexibility index (Phi) is 3.30. The third-order valence-corrected chi connectivity index (χ3v) is 3.32. The lowest BCUT2D eigenvalue weighted by atomic mass is 10.2. The lowest BCUT2D eigenvalue weighted by Gasteiger charge is -2.22. The normalized spacial score (nSPS) is 20.1. The first-order chi connectivity index (χ1) is 7.59. The van der Waals surface area contributed by atoms with Crippen LogP contribution in [0.15, 0.2) is 21.2 Å². The van der Waals surface area contributed by atoms with Crippen LogP contribution < -0.4 is 5.73 Å². The van der Waals surface area contributed by atoms with Gasteiger partial charge in [0.25, 0.3) is 5.91 Å². The second kappa shape index (κ2) is 4.55. The second-order valence-electron chi connectivity index (χ2n) is 3.66. The Labute approximate surface area is 107 Å². The zero-order valence-electron chi connectivity index (χ0n) is 8.48. The Balaban J connectivity index is 2.18. The third-order valence-electron chi connectivity index (χ3n) is 2.63. The number of amides is 1. The van der Waals surface area contributed by atoms with E-state index in [2.05, 4.69) is 15.9 Å². The van der Waals surface area contributed by atoms with Gasteiger partial charge in [0.15, 0.2) is 10.4 Å². The van der Waals surface area contributed by atoms with Gasteiger partial charge in [-0.2, -0.15) is 0 Å². The quantitative estimate of drug-likeness (QED) is 0.848. The van der Waals surface area contributed by atoms with Crippen LogP contribution in [0.25, 0.3) is 0 Å². The first-order valence-corrected chi connectivity index (χ1v) is 6.15. The number of rotatable bonds is 2. The largest absolute Gasteiger partial charge is 0.444 e. The van der Waals surface area contributed by atoms with E-state index >= 15 is 0 Å². The average Bonchev–Trinajstić information content (AvgIpc) is 2.84. The van der Waals surface area contributed by atoms with Crippen LogP contribution in [0, 0.1) is 0 Å². The van der Waals surface area contributed by atoms with Crippen molar-refractivity contribution in [3.05, 3.63) is 22.6 Å². The van der Waals surface area contributed by atoms with E-state index < -0.39 is 0 Å². The van der Waals surface area contributed by atoms with Crippen LogP contribution >= 0.6 is 28.1 Å². The highest BCUT2D eigenvalue weighted by Gasteiger charge is 2.32. The molecule has 0 saturated carbocycles. The standard InChI is InChI=1S/C10H11BrN2O2S/c11-8-4-3-7(15-8)10(14)13-5-1-2-6(13)9(12)16/h3-4,6H,1-2,5H2,(H2,12,16). The fourth-order valence-electron chi connectivity index (χ4n) is 1.88. The summed E-state index contributed by atoms with van der Waals surface area (Å²) in [6.45, 7) is 0.680. The summed E-state index contributed by atoms with van der Waals surface area (Å²) < 4.78 is 5.77. The van der Waals surface area contributed by atoms with E-state index in [0.29, 0.717) is 22.0 Å². The van der Waals surface area contributed by atoms with Gasteiger partial charge >= 0.3 is 0 Å². The van der Waals surface area contributed by atoms with Gasteiger partial charge in [0, 0.05) is 6.54 Å². The van der Waals surface area contributed by atoms with Gasteiger partial charge in [-0.1, -0.05) is 12.2 Å². The van der Waals surface area contributed by atoms with Crippen LogP contribution in [0.2, 0.25) is 0 Å². The van der Waals surface area contributed by atoms with Crippen LogP contribution in [0.1, 0.15) is 23.4 Å². The molecule has 0 aliphatic carbocycles. The molecule has 0 bridgehead atoms. The van der Waals surface area contributed by atoms with E-state index in [1.165, 1.54) is 0 Å². The molecule has 4 nitrogen and oxygen atoms in total. The summed E-state index contributed by atoms with van der Waals surface area (Å²) in [6, 6.07) is 3.20. The van der Waals surface area contributed by atoms with Gasteiger partial charge in [0.1, 0.15) is 0 Å². The molecule has 1 aromatic rings. The summed E-state index contributed by atoms with van der Waals surface area (Å²) in [7, 11) is 0. The summed E-state index contributed by atoms with van der Waals surface area (Å²) in [5.41, 5.74) is 5.61. The first-order valence-electron chi connectivity index (χ1n) is 4.95. The number of likely N-dealkylation sites (tertiary alicyclic amines) is 1. The van der Waals surface area contributed by atoms with E-state index in [1.54, 1.807) is 17.0 Å². The molecule has 6 heteroatoms. The van der Waals surface area contributed by atoms with Crippen LogP contribution in [0.4, 0.5) is 0 Å². The van der Waals surface area contributed by atoms with Crippen molar-refractivity contribution in [1.29, 1.82) is 0 Å². The Morgan fingerprint density at radius 1 is 1.62 bits per heavy atom. The summed E-state index contributed by atoms with van der Waals surface area (Å²) in [4.78, 5) is 14.1. The van der Waals surface area contributed by atoms with Crippen LogP contribution in [-0.4, -0.2) is 28.4 Å². The van der Waals surface area contributed by atoms with Crippen molar-refractivity contribution < 1.29 is 9.21 Å². The lowest BCUT2D eigenvalue weighted by molar-refractivity contribution is 0.0737. The van der Waals surface area contributed by atoms with Crippen LogP contribution in [0.3, 0.4) is 0 Å². The molecule has 1 aliphatic heterocycles. The van der Waals surface area contributed by atoms with E-state index in [9.17, 15) is 4.79 Å². The van der Waals surface area contributed by atoms with Gasteiger partial charge in [-0.25, -0.2) is 0 Å². The summed E-state index contributed by atoms with van der Waals surface area (Å²) in [5, 5.41) is 0. The van der Waals surface area contributed by atoms with Crippen molar-refractivity contribution in [3.63, 3.8) is 0 Å². The van der Waals surface area contributed by atoms with E-state index in [4.69, 9.17) is 22.4 Å². The van der Waals surface area contributed by atoms with Gasteiger partial charge in [-0.15, -0.1) is 0 Å². The summed E-state index contributed by atoms with van der Waals surface area (Å²) >= 11 is 8.12. The number of hydrogen-bond donors (Lipinski definition) is 1. The fourth-order valence-corrected chi connectivity index (χ4v) is 2.43. The van der Waals surface area contributed by atoms with E-state index in [-0.39, 0.29) is 11.9 Å². The zero-order chi connectivity index (χ0) is 11.7. The molecule has 0 aromatic carbocycles. The molecule has 1 aromatic heterocycles. The summed E-state index contributed by atoms with van der Waals surface area (Å²) in [5.74, 6) is 0.163. The molecule has 0 spiro atoms. The second-order valence-corrected chi connectivity index (χ2v) is 4.92. The predicted octanol–water partition coefficient (Wildman–Crippen LogP) is 1.93. The highest BCUT2D eigenvalue weighted by Crippen LogP contribution is 2.22. The van der Waals surface area contributed by atoms with Gasteiger partial charge < -0.3 is 15.1 Å². The number of carbonyl (C=O) groups is 1. The number of nitrogens with two attached hydrogens (primary N) is 1. The van der Waals surface area contributed by atoms with E-state index in [0.717, 1.165) is 12.8 Å². The average molecular weight is 303 g/mol. The molecule has 2 heterocycles. The molecule has 16 heavy (non-hydrogen) atoms. The molecule has 2 rings (SSSR count). The molecule has 0 radical (unpaired) electrons. The molecule has 1 aliphatic rings. The zero-order valence-corrected chi connectivity index (χ0v) is 10.9. The first kappa shape index (κ1) is 11.6. The predicted molar refractivity (Wildman–Crippen MR) is 67.3 cm³/mol. The third kappa shape index (κ3) is 2.12. The minimum Gasteiger partial charge on any atom is -0.444 e. The van der Waals surface area contributed by atoms with Crippen molar-refractivity contribution in [1.82, 2.24) is 4.90 Å². The maximum absolute atomic E-state index is 12.1. The number of hydrogen-bond acceptors (Lipinski definition) is 3. The molecule has 1 unspecified atom stereocenters. The highest BCUT2D eigenvalue weighted by molar-refractivity contribution is 9.10. The Morgan fingerprint density at radius 2 is 2.38 bits per heavy atom. The maximum Gasteiger partial charge on any atom is 0.290 e. The van der Waals surface area contributed by atoms with Crippen molar-refractivity contribution in [2.24, 2.45) is 5.73 Å². The molecule has 1 amide bonds. The number of carbonyl (C=O) groups excluding carboxylic acids is 1. The topological polar surface area (TPSA) is 59.5 Å². The monoisotopic (exact) mass is 302 g/mol. The SMILES string of the molecule is NC(=S)C1CCCN1C(=O)c1ccc(Br)o1. The smallest absolute Gasteiger partial charge is 0.290 e. The maximum atomic E-state index is 12.1. The van der Waals surface area contributed by atoms with Crippen molar-refractivity contribution in [3.8, 4) is 0 Å². The van der Waals surface area contributed by atoms with Gasteiger partial charge in [-0.3, -0.25) is 4.79 Å². The van der Waals surface area contributed by atoms with Crippen LogP contribution in [0.5, 0.6) is 0 Å². The Morgan fingerprint density at radius 3 is 2.94 bits per heavy atom. The molecule has 2 N–H and O–H groups in total. The number of thiocarbonyl (C=S) groups is 1. The molecule has 1 fully saturated rings. The molecule has 86 valence electrons. The van der Waals surface area contributed by atoms with Crippen molar-refractivity contribution in [2.75, 3.05) is 6.54 Å². The number of furan rings is 1.